The number of nitrogens with zero attached hydrogens (tertiary/aromatic N) is 2. The quantitative estimate of drug-likeness (QED) is 0.733. The maximum Gasteiger partial charge on any atom is 0.257 e. The normalized spacial score (nSPS) is 16.1. The number of β-amino-alcohol motifs (C(OH)–C–C–N with tert-alkyl or cyclic N) is 1. The van der Waals surface area contributed by atoms with Gasteiger partial charge in [0, 0.05) is 13.1 Å². The summed E-state index contributed by atoms with van der Waals surface area (Å²) in [6, 6.07) is 1.39. The molecule has 3 N–H and O–H groups in total. The van der Waals surface area contributed by atoms with Gasteiger partial charge in [0.2, 0.25) is 0 Å². The highest BCUT2D eigenvalue weighted by molar-refractivity contribution is 6.41. The van der Waals surface area contributed by atoms with E-state index in [4.69, 9.17) is 34.0 Å². The molecule has 0 aliphatic carbocycles. The Kier molecular flexibility index (Phi) is 2.92. The molecular weight excluding hydrogens is 253 g/mol. The van der Waals surface area contributed by atoms with E-state index >= 15 is 0 Å². The number of halogens is 2. The van der Waals surface area contributed by atoms with Crippen LogP contribution in [0.5, 0.6) is 0 Å². The summed E-state index contributed by atoms with van der Waals surface area (Å²) in [5, 5.41) is 9.34. The summed E-state index contributed by atoms with van der Waals surface area (Å²) in [6.07, 6.45) is -0.457. The molecule has 1 fully saturated rings. The molecule has 86 valence electrons. The van der Waals surface area contributed by atoms with Crippen LogP contribution < -0.4 is 5.73 Å². The molecular formula is C9H9Cl2N3O2. The van der Waals surface area contributed by atoms with Crippen LogP contribution in [-0.2, 0) is 0 Å². The molecule has 1 aliphatic rings. The van der Waals surface area contributed by atoms with Crippen LogP contribution in [0.1, 0.15) is 10.4 Å². The third-order valence-electron chi connectivity index (χ3n) is 2.34. The van der Waals surface area contributed by atoms with Crippen molar-refractivity contribution in [1.82, 2.24) is 9.88 Å². The van der Waals surface area contributed by atoms with Crippen LogP contribution in [0.4, 0.5) is 5.82 Å². The second kappa shape index (κ2) is 4.08. The fraction of sp³-hybridized carbons (Fsp3) is 0.333. The first-order chi connectivity index (χ1) is 7.49. The van der Waals surface area contributed by atoms with Gasteiger partial charge in [-0.3, -0.25) is 4.79 Å². The molecule has 7 heteroatoms. The number of carbonyl (C=O) groups is 1. The minimum absolute atomic E-state index is 0.0424. The van der Waals surface area contributed by atoms with Crippen LogP contribution in [-0.4, -0.2) is 40.1 Å². The monoisotopic (exact) mass is 261 g/mol. The Morgan fingerprint density at radius 3 is 2.75 bits per heavy atom. The Bertz CT molecular complexity index is 447. The zero-order valence-corrected chi connectivity index (χ0v) is 9.66. The lowest BCUT2D eigenvalue weighted by atomic mass is 10.1. The van der Waals surface area contributed by atoms with Crippen LogP contribution in [0.3, 0.4) is 0 Å². The molecule has 0 atom stereocenters. The number of aliphatic hydroxyl groups is 1. The van der Waals surface area contributed by atoms with E-state index < -0.39 is 6.10 Å². The predicted molar refractivity (Wildman–Crippen MR) is 60.6 cm³/mol. The summed E-state index contributed by atoms with van der Waals surface area (Å²) in [5.74, 6) is -0.255. The van der Waals surface area contributed by atoms with Crippen LogP contribution in [0, 0.1) is 0 Å². The number of carbonyl (C=O) groups excluding carboxylic acids is 1. The number of anilines is 1. The second-order valence-electron chi connectivity index (χ2n) is 3.56. The van der Waals surface area contributed by atoms with Gasteiger partial charge in [-0.05, 0) is 6.07 Å². The molecule has 5 nitrogen and oxygen atoms in total. The third-order valence-corrected chi connectivity index (χ3v) is 3.02. The molecule has 2 heterocycles. The number of aliphatic hydroxyl groups excluding tert-OH is 1. The Balaban J connectivity index is 2.27. The Morgan fingerprint density at radius 1 is 1.56 bits per heavy atom. The second-order valence-corrected chi connectivity index (χ2v) is 4.32. The molecule has 1 saturated heterocycles. The summed E-state index contributed by atoms with van der Waals surface area (Å²) in [6.45, 7) is 0.608. The maximum atomic E-state index is 11.8. The number of pyridine rings is 1. The number of amides is 1. The first kappa shape index (κ1) is 11.4. The molecule has 16 heavy (non-hydrogen) atoms. The van der Waals surface area contributed by atoms with E-state index in [9.17, 15) is 4.79 Å². The summed E-state index contributed by atoms with van der Waals surface area (Å²) >= 11 is 11.4. The number of hydrogen-bond acceptors (Lipinski definition) is 4. The first-order valence-electron chi connectivity index (χ1n) is 4.58. The summed E-state index contributed by atoms with van der Waals surface area (Å²) < 4.78 is 0. The van der Waals surface area contributed by atoms with Crippen LogP contribution in [0.2, 0.25) is 10.2 Å². The van der Waals surface area contributed by atoms with Crippen molar-refractivity contribution in [2.24, 2.45) is 0 Å². The molecule has 0 unspecified atom stereocenters. The zero-order chi connectivity index (χ0) is 11.9. The fourth-order valence-corrected chi connectivity index (χ4v) is 1.74. The molecule has 1 aromatic rings. The zero-order valence-electron chi connectivity index (χ0n) is 8.15. The van der Waals surface area contributed by atoms with Crippen molar-refractivity contribution >= 4 is 34.9 Å². The Labute approximate surface area is 102 Å². The van der Waals surface area contributed by atoms with Crippen molar-refractivity contribution in [2.45, 2.75) is 6.10 Å². The smallest absolute Gasteiger partial charge is 0.257 e. The van der Waals surface area contributed by atoms with Crippen molar-refractivity contribution in [3.8, 4) is 0 Å². The van der Waals surface area contributed by atoms with E-state index in [1.165, 1.54) is 11.0 Å². The number of nitrogen functional groups attached to an aromatic ring is 1. The van der Waals surface area contributed by atoms with Gasteiger partial charge in [-0.15, -0.1) is 0 Å². The SMILES string of the molecule is Nc1nc(Cl)c(Cl)cc1C(=O)N1CC(O)C1. The van der Waals surface area contributed by atoms with E-state index in [1.54, 1.807) is 0 Å². The topological polar surface area (TPSA) is 79.5 Å². The molecule has 2 rings (SSSR count). The molecule has 1 amide bonds. The predicted octanol–water partition coefficient (Wildman–Crippen LogP) is 0.787. The van der Waals surface area contributed by atoms with E-state index in [0.717, 1.165) is 0 Å². The Morgan fingerprint density at radius 2 is 2.19 bits per heavy atom. The fourth-order valence-electron chi connectivity index (χ4n) is 1.44. The average molecular weight is 262 g/mol. The highest BCUT2D eigenvalue weighted by Gasteiger charge is 2.31. The number of rotatable bonds is 1. The highest BCUT2D eigenvalue weighted by Crippen LogP contribution is 2.25. The molecule has 0 saturated carbocycles. The van der Waals surface area contributed by atoms with Crippen LogP contribution in [0.25, 0.3) is 0 Å². The van der Waals surface area contributed by atoms with Crippen molar-refractivity contribution < 1.29 is 9.90 Å². The lowest BCUT2D eigenvalue weighted by molar-refractivity contribution is 0.00594. The largest absolute Gasteiger partial charge is 0.389 e. The van der Waals surface area contributed by atoms with Gasteiger partial charge in [0.25, 0.3) is 5.91 Å². The average Bonchev–Trinajstić information content (AvgIpc) is 2.18. The Hall–Kier alpha value is -1.04. The summed E-state index contributed by atoms with van der Waals surface area (Å²) in [5.41, 5.74) is 5.79. The van der Waals surface area contributed by atoms with Gasteiger partial charge in [0.1, 0.15) is 11.0 Å². The van der Waals surface area contributed by atoms with Gasteiger partial charge < -0.3 is 15.7 Å². The van der Waals surface area contributed by atoms with Crippen molar-refractivity contribution in [2.75, 3.05) is 18.8 Å². The number of aromatic nitrogens is 1. The van der Waals surface area contributed by atoms with E-state index in [-0.39, 0.29) is 27.5 Å². The molecule has 0 bridgehead atoms. The highest BCUT2D eigenvalue weighted by atomic mass is 35.5. The van der Waals surface area contributed by atoms with Crippen molar-refractivity contribution in [1.29, 1.82) is 0 Å². The van der Waals surface area contributed by atoms with Gasteiger partial charge in [-0.2, -0.15) is 0 Å². The number of likely N-dealkylation sites (tertiary alicyclic amines) is 1. The van der Waals surface area contributed by atoms with Gasteiger partial charge in [0.15, 0.2) is 0 Å². The molecule has 0 radical (unpaired) electrons. The number of hydrogen-bond donors (Lipinski definition) is 2. The number of nitrogens with two attached hydrogens (primary N) is 1. The molecule has 1 aliphatic heterocycles. The van der Waals surface area contributed by atoms with Gasteiger partial charge in [-0.1, -0.05) is 23.2 Å². The minimum atomic E-state index is -0.457. The minimum Gasteiger partial charge on any atom is -0.389 e. The summed E-state index contributed by atoms with van der Waals surface area (Å²) in [4.78, 5) is 17.1. The van der Waals surface area contributed by atoms with Crippen molar-refractivity contribution in [3.05, 3.63) is 21.8 Å². The molecule has 0 spiro atoms. The van der Waals surface area contributed by atoms with E-state index in [1.807, 2.05) is 0 Å². The summed E-state index contributed by atoms with van der Waals surface area (Å²) in [7, 11) is 0. The molecule has 1 aromatic heterocycles. The van der Waals surface area contributed by atoms with Crippen molar-refractivity contribution in [3.63, 3.8) is 0 Å². The first-order valence-corrected chi connectivity index (χ1v) is 5.33. The lowest BCUT2D eigenvalue weighted by Gasteiger charge is -2.36. The van der Waals surface area contributed by atoms with E-state index in [2.05, 4.69) is 4.98 Å². The third kappa shape index (κ3) is 1.93. The standard InChI is InChI=1S/C9H9Cl2N3O2/c10-6-1-5(8(12)13-7(6)11)9(16)14-2-4(15)3-14/h1,4,15H,2-3H2,(H2,12,13). The van der Waals surface area contributed by atoms with Gasteiger partial charge in [0.05, 0.1) is 16.7 Å². The van der Waals surface area contributed by atoms with Crippen LogP contribution in [0.15, 0.2) is 6.07 Å². The van der Waals surface area contributed by atoms with Gasteiger partial charge in [-0.25, -0.2) is 4.98 Å². The van der Waals surface area contributed by atoms with Crippen LogP contribution >= 0.6 is 23.2 Å². The lowest BCUT2D eigenvalue weighted by Crippen LogP contribution is -2.53. The maximum absolute atomic E-state index is 11.8. The molecule has 0 aromatic carbocycles. The van der Waals surface area contributed by atoms with Gasteiger partial charge >= 0.3 is 0 Å². The van der Waals surface area contributed by atoms with E-state index in [0.29, 0.717) is 13.1 Å².